The lowest BCUT2D eigenvalue weighted by Gasteiger charge is -2.39. The van der Waals surface area contributed by atoms with E-state index in [0.717, 1.165) is 16.0 Å². The van der Waals surface area contributed by atoms with Crippen LogP contribution in [0, 0.1) is 24.7 Å². The fourth-order valence-corrected chi connectivity index (χ4v) is 6.03. The number of nitrogens with zero attached hydrogens (tertiary/aromatic N) is 3. The van der Waals surface area contributed by atoms with Crippen molar-refractivity contribution in [3.63, 3.8) is 0 Å². The summed E-state index contributed by atoms with van der Waals surface area (Å²) in [6, 6.07) is 6.94. The Labute approximate surface area is 219 Å². The van der Waals surface area contributed by atoms with Gasteiger partial charge < -0.3 is 15.2 Å². The molecule has 2 heterocycles. The van der Waals surface area contributed by atoms with E-state index in [-0.39, 0.29) is 35.4 Å². The van der Waals surface area contributed by atoms with E-state index in [2.05, 4.69) is 20.3 Å². The van der Waals surface area contributed by atoms with Gasteiger partial charge in [-0.2, -0.15) is 0 Å². The van der Waals surface area contributed by atoms with E-state index in [1.807, 2.05) is 39.0 Å². The van der Waals surface area contributed by atoms with Crippen LogP contribution in [-0.4, -0.2) is 32.6 Å². The number of ether oxygens (including phenoxy) is 1. The van der Waals surface area contributed by atoms with Crippen LogP contribution in [0.4, 0.5) is 20.4 Å². The van der Waals surface area contributed by atoms with Gasteiger partial charge in [0.15, 0.2) is 0 Å². The lowest BCUT2D eigenvalue weighted by molar-refractivity contribution is -0.153. The van der Waals surface area contributed by atoms with Crippen molar-refractivity contribution in [3.8, 4) is 10.4 Å². The number of esters is 1. The van der Waals surface area contributed by atoms with Gasteiger partial charge in [-0.25, -0.2) is 23.7 Å². The van der Waals surface area contributed by atoms with Gasteiger partial charge in [0.05, 0.1) is 17.4 Å². The molecule has 3 aromatic rings. The van der Waals surface area contributed by atoms with Crippen LogP contribution >= 0.6 is 11.3 Å². The van der Waals surface area contributed by atoms with Crippen LogP contribution in [0.1, 0.15) is 62.7 Å². The zero-order valence-electron chi connectivity index (χ0n) is 21.4. The number of halogens is 2. The van der Waals surface area contributed by atoms with Crippen LogP contribution in [0.15, 0.2) is 36.7 Å². The quantitative estimate of drug-likeness (QED) is 0.325. The van der Waals surface area contributed by atoms with Crippen molar-refractivity contribution in [2.45, 2.75) is 59.0 Å². The van der Waals surface area contributed by atoms with Gasteiger partial charge in [-0.3, -0.25) is 4.79 Å². The lowest BCUT2D eigenvalue weighted by Crippen LogP contribution is -2.39. The molecule has 1 saturated carbocycles. The fraction of sp³-hybridized carbons (Fsp3) is 0.481. The second kappa shape index (κ2) is 11.2. The zero-order valence-corrected chi connectivity index (χ0v) is 22.2. The highest BCUT2D eigenvalue weighted by molar-refractivity contribution is 7.15. The molecule has 37 heavy (non-hydrogen) atoms. The minimum Gasteiger partial charge on any atom is -0.466 e. The summed E-state index contributed by atoms with van der Waals surface area (Å²) in [7, 11) is 0. The summed E-state index contributed by atoms with van der Waals surface area (Å²) in [5.74, 6) is -0.113. The van der Waals surface area contributed by atoms with E-state index in [9.17, 15) is 18.7 Å². The third-order valence-corrected chi connectivity index (χ3v) is 8.28. The first-order valence-electron chi connectivity index (χ1n) is 12.4. The second-order valence-corrected chi connectivity index (χ2v) is 10.9. The van der Waals surface area contributed by atoms with Gasteiger partial charge >= 0.3 is 5.97 Å². The summed E-state index contributed by atoms with van der Waals surface area (Å²) in [5.41, 5.74) is 1.02. The number of thiazole rings is 1. The third-order valence-electron chi connectivity index (χ3n) is 7.01. The molecule has 0 amide bonds. The minimum absolute atomic E-state index is 0.0267. The predicted molar refractivity (Wildman–Crippen MR) is 139 cm³/mol. The number of hydrogen-bond acceptors (Lipinski definition) is 8. The lowest BCUT2D eigenvalue weighted by atomic mass is 9.69. The van der Waals surface area contributed by atoms with Crippen molar-refractivity contribution in [2.24, 2.45) is 17.8 Å². The first-order valence-corrected chi connectivity index (χ1v) is 13.3. The Bertz CT molecular complexity index is 1250. The van der Waals surface area contributed by atoms with Gasteiger partial charge in [-0.05, 0) is 81.2 Å². The van der Waals surface area contributed by atoms with Crippen molar-refractivity contribution < 1.29 is 23.4 Å². The normalized spacial score (nSPS) is 21.5. The van der Waals surface area contributed by atoms with Crippen LogP contribution < -0.4 is 5.32 Å². The molecular weight excluding hydrogens is 498 g/mol. The first-order chi connectivity index (χ1) is 17.6. The van der Waals surface area contributed by atoms with Crippen LogP contribution in [0.25, 0.3) is 10.4 Å². The summed E-state index contributed by atoms with van der Waals surface area (Å²) in [4.78, 5) is 25.6. The van der Waals surface area contributed by atoms with Crippen LogP contribution in [0.5, 0.6) is 0 Å². The van der Waals surface area contributed by atoms with Crippen LogP contribution in [0.3, 0.4) is 0 Å². The average molecular weight is 531 g/mol. The smallest absolute Gasteiger partial charge is 0.309 e. The number of nitrogens with one attached hydrogen (secondary N) is 1. The summed E-state index contributed by atoms with van der Waals surface area (Å²) < 4.78 is 31.2. The highest BCUT2D eigenvalue weighted by Crippen LogP contribution is 2.45. The number of alkyl halides is 2. The topological polar surface area (TPSA) is 97.2 Å². The Hall–Kier alpha value is -2.98. The maximum atomic E-state index is 13.0. The number of aryl methyl sites for hydroxylation is 1. The summed E-state index contributed by atoms with van der Waals surface area (Å²) >= 11 is 1.42. The first kappa shape index (κ1) is 27.1. The van der Waals surface area contributed by atoms with Crippen LogP contribution in [-0.2, 0) is 15.1 Å². The van der Waals surface area contributed by atoms with Gasteiger partial charge in [0.1, 0.15) is 16.3 Å². The molecule has 2 aromatic heterocycles. The molecule has 2 N–H and O–H groups in total. The predicted octanol–water partition coefficient (Wildman–Crippen LogP) is 6.41. The Morgan fingerprint density at radius 3 is 2.78 bits per heavy atom. The molecule has 198 valence electrons. The molecule has 7 nitrogen and oxygen atoms in total. The van der Waals surface area contributed by atoms with Crippen molar-refractivity contribution >= 4 is 28.9 Å². The standard InChI is InChI=1S/C27H32F2N4O3S/c1-5-36-24(34)20-7-6-18(12-16(20)3)27(4,35)25-31-14-22(37-25)17-10-15(2)11-19(13-17)32-26-30-9-8-21(33-26)23(28)29/h8-11,13-14,16,18,20,23,35H,5-7,12H2,1-4H3,(H,30,32,33). The molecule has 0 spiro atoms. The Balaban J connectivity index is 1.51. The highest BCUT2D eigenvalue weighted by atomic mass is 32.1. The summed E-state index contributed by atoms with van der Waals surface area (Å²) in [6.07, 6.45) is 2.47. The number of aliphatic hydroxyl groups is 1. The molecule has 4 atom stereocenters. The number of benzene rings is 1. The number of carbonyl (C=O) groups is 1. The van der Waals surface area contributed by atoms with Gasteiger partial charge in [-0.15, -0.1) is 11.3 Å². The van der Waals surface area contributed by atoms with E-state index < -0.39 is 12.0 Å². The fourth-order valence-electron chi connectivity index (χ4n) is 5.00. The number of carbonyl (C=O) groups excluding carboxylic acids is 1. The average Bonchev–Trinajstić information content (AvgIpc) is 3.35. The van der Waals surface area contributed by atoms with E-state index in [0.29, 0.717) is 36.6 Å². The van der Waals surface area contributed by atoms with Crippen molar-refractivity contribution in [3.05, 3.63) is 52.9 Å². The molecule has 1 aliphatic rings. The summed E-state index contributed by atoms with van der Waals surface area (Å²) in [5, 5.41) is 15.2. The Kier molecular flexibility index (Phi) is 8.18. The largest absolute Gasteiger partial charge is 0.466 e. The SMILES string of the molecule is CCOC(=O)C1CCC(C(C)(O)c2ncc(-c3cc(C)cc(Nc4nccc(C(F)F)n4)c3)s2)CC1C. The minimum atomic E-state index is -2.68. The number of rotatable bonds is 8. The molecule has 0 saturated heterocycles. The van der Waals surface area contributed by atoms with Gasteiger partial charge in [-0.1, -0.05) is 13.0 Å². The molecular formula is C27H32F2N4O3S. The van der Waals surface area contributed by atoms with Crippen LogP contribution in [0.2, 0.25) is 0 Å². The molecule has 0 radical (unpaired) electrons. The monoisotopic (exact) mass is 530 g/mol. The van der Waals surface area contributed by atoms with Gasteiger partial charge in [0.25, 0.3) is 6.43 Å². The highest BCUT2D eigenvalue weighted by Gasteiger charge is 2.43. The second-order valence-electron chi connectivity index (χ2n) is 9.84. The Morgan fingerprint density at radius 1 is 1.30 bits per heavy atom. The van der Waals surface area contributed by atoms with Crippen molar-refractivity contribution in [1.29, 1.82) is 0 Å². The molecule has 4 rings (SSSR count). The third kappa shape index (κ3) is 6.13. The summed E-state index contributed by atoms with van der Waals surface area (Å²) in [6.45, 7) is 7.96. The van der Waals surface area contributed by atoms with Gasteiger partial charge in [0, 0.05) is 18.1 Å². The molecule has 10 heteroatoms. The van der Waals surface area contributed by atoms with E-state index >= 15 is 0 Å². The maximum absolute atomic E-state index is 13.0. The van der Waals surface area contributed by atoms with Crippen molar-refractivity contribution in [2.75, 3.05) is 11.9 Å². The molecule has 1 aromatic carbocycles. The molecule has 1 aliphatic carbocycles. The molecule has 0 bridgehead atoms. The maximum Gasteiger partial charge on any atom is 0.309 e. The molecule has 4 unspecified atom stereocenters. The van der Waals surface area contributed by atoms with Crippen molar-refractivity contribution in [1.82, 2.24) is 15.0 Å². The zero-order chi connectivity index (χ0) is 26.7. The number of aromatic nitrogens is 3. The van der Waals surface area contributed by atoms with E-state index in [4.69, 9.17) is 4.74 Å². The number of anilines is 2. The van der Waals surface area contributed by atoms with E-state index in [1.165, 1.54) is 23.6 Å². The van der Waals surface area contributed by atoms with E-state index in [1.54, 1.807) is 13.1 Å². The number of hydrogen-bond donors (Lipinski definition) is 2. The molecule has 1 fully saturated rings. The van der Waals surface area contributed by atoms with Gasteiger partial charge in [0.2, 0.25) is 5.95 Å². The molecule has 0 aliphatic heterocycles. The Morgan fingerprint density at radius 2 is 2.08 bits per heavy atom.